The smallest absolute Gasteiger partial charge is 0.0817 e. The van der Waals surface area contributed by atoms with E-state index in [1.54, 1.807) is 0 Å². The SMILES string of the molecule is CCC(CC)C(O)c1ccccc1.c1ccc(CC2CCNCC2)cc1. The first-order valence-corrected chi connectivity index (χ1v) is 10.2. The Labute approximate surface area is 159 Å². The lowest BCUT2D eigenvalue weighted by Crippen LogP contribution is -2.28. The number of rotatable bonds is 6. The van der Waals surface area contributed by atoms with Crippen LogP contribution in [0.3, 0.4) is 0 Å². The van der Waals surface area contributed by atoms with Gasteiger partial charge in [-0.1, -0.05) is 87.4 Å². The molecule has 3 rings (SSSR count). The second-order valence-corrected chi connectivity index (χ2v) is 7.32. The van der Waals surface area contributed by atoms with E-state index in [1.807, 2.05) is 30.3 Å². The van der Waals surface area contributed by atoms with Gasteiger partial charge in [0.15, 0.2) is 0 Å². The van der Waals surface area contributed by atoms with Crippen LogP contribution in [0.4, 0.5) is 0 Å². The zero-order valence-corrected chi connectivity index (χ0v) is 16.4. The Morgan fingerprint density at radius 1 is 0.885 bits per heavy atom. The molecule has 2 heteroatoms. The van der Waals surface area contributed by atoms with Crippen molar-refractivity contribution < 1.29 is 5.11 Å². The number of nitrogens with one attached hydrogen (secondary N) is 1. The summed E-state index contributed by atoms with van der Waals surface area (Å²) in [6.07, 6.45) is 5.72. The minimum absolute atomic E-state index is 0.295. The van der Waals surface area contributed by atoms with Crippen molar-refractivity contribution in [3.63, 3.8) is 0 Å². The van der Waals surface area contributed by atoms with Gasteiger partial charge in [0.1, 0.15) is 0 Å². The molecule has 0 amide bonds. The highest BCUT2D eigenvalue weighted by Gasteiger charge is 2.16. The van der Waals surface area contributed by atoms with E-state index in [9.17, 15) is 5.11 Å². The maximum absolute atomic E-state index is 9.98. The van der Waals surface area contributed by atoms with Crippen LogP contribution in [0.25, 0.3) is 0 Å². The lowest BCUT2D eigenvalue weighted by atomic mass is 9.91. The molecule has 2 N–H and O–H groups in total. The summed E-state index contributed by atoms with van der Waals surface area (Å²) >= 11 is 0. The van der Waals surface area contributed by atoms with E-state index in [4.69, 9.17) is 0 Å². The number of hydrogen-bond donors (Lipinski definition) is 2. The van der Waals surface area contributed by atoms with Crippen LogP contribution < -0.4 is 5.32 Å². The molecule has 0 saturated carbocycles. The van der Waals surface area contributed by atoms with E-state index < -0.39 is 0 Å². The normalized spacial score (nSPS) is 16.0. The molecular weight excluding hydrogens is 318 g/mol. The Bertz CT molecular complexity index is 574. The Balaban J connectivity index is 0.000000187. The summed E-state index contributed by atoms with van der Waals surface area (Å²) in [6, 6.07) is 20.7. The lowest BCUT2D eigenvalue weighted by molar-refractivity contribution is 0.103. The summed E-state index contributed by atoms with van der Waals surface area (Å²) in [5, 5.41) is 13.4. The van der Waals surface area contributed by atoms with Crippen LogP contribution in [-0.4, -0.2) is 18.2 Å². The van der Waals surface area contributed by atoms with Gasteiger partial charge in [-0.15, -0.1) is 0 Å². The largest absolute Gasteiger partial charge is 0.388 e. The molecule has 1 aliphatic heterocycles. The number of hydrogen-bond acceptors (Lipinski definition) is 2. The monoisotopic (exact) mass is 353 g/mol. The Hall–Kier alpha value is -1.64. The van der Waals surface area contributed by atoms with E-state index >= 15 is 0 Å². The predicted molar refractivity (Wildman–Crippen MR) is 111 cm³/mol. The van der Waals surface area contributed by atoms with E-state index in [2.05, 4.69) is 49.5 Å². The van der Waals surface area contributed by atoms with Gasteiger partial charge in [0, 0.05) is 0 Å². The minimum Gasteiger partial charge on any atom is -0.388 e. The maximum atomic E-state index is 9.98. The molecule has 1 atom stereocenters. The molecule has 1 saturated heterocycles. The first-order valence-electron chi connectivity index (χ1n) is 10.2. The van der Waals surface area contributed by atoms with Crippen molar-refractivity contribution in [2.45, 2.75) is 52.1 Å². The van der Waals surface area contributed by atoms with Gasteiger partial charge in [-0.2, -0.15) is 0 Å². The first kappa shape index (κ1) is 20.7. The topological polar surface area (TPSA) is 32.3 Å². The third kappa shape index (κ3) is 6.93. The van der Waals surface area contributed by atoms with Crippen LogP contribution in [0.2, 0.25) is 0 Å². The van der Waals surface area contributed by atoms with Gasteiger partial charge in [-0.25, -0.2) is 0 Å². The molecule has 1 fully saturated rings. The zero-order valence-electron chi connectivity index (χ0n) is 16.4. The molecule has 142 valence electrons. The summed E-state index contributed by atoms with van der Waals surface area (Å²) in [5.74, 6) is 1.30. The summed E-state index contributed by atoms with van der Waals surface area (Å²) < 4.78 is 0. The number of aliphatic hydroxyl groups is 1. The third-order valence-corrected chi connectivity index (χ3v) is 5.46. The van der Waals surface area contributed by atoms with Gasteiger partial charge in [0.05, 0.1) is 6.10 Å². The molecule has 1 aliphatic rings. The molecule has 26 heavy (non-hydrogen) atoms. The van der Waals surface area contributed by atoms with Gasteiger partial charge >= 0.3 is 0 Å². The molecule has 1 heterocycles. The zero-order chi connectivity index (χ0) is 18.6. The van der Waals surface area contributed by atoms with Crippen LogP contribution >= 0.6 is 0 Å². The van der Waals surface area contributed by atoms with Crippen molar-refractivity contribution in [1.29, 1.82) is 0 Å². The highest BCUT2D eigenvalue weighted by atomic mass is 16.3. The predicted octanol–water partition coefficient (Wildman–Crippen LogP) is 5.38. The molecule has 0 aliphatic carbocycles. The van der Waals surface area contributed by atoms with Gasteiger partial charge in [-0.3, -0.25) is 0 Å². The Morgan fingerprint density at radius 2 is 1.42 bits per heavy atom. The fourth-order valence-electron chi connectivity index (χ4n) is 3.69. The highest BCUT2D eigenvalue weighted by Crippen LogP contribution is 2.26. The Morgan fingerprint density at radius 3 is 1.96 bits per heavy atom. The molecule has 0 aromatic heterocycles. The van der Waals surface area contributed by atoms with Crippen molar-refractivity contribution >= 4 is 0 Å². The van der Waals surface area contributed by atoms with Crippen molar-refractivity contribution in [2.75, 3.05) is 13.1 Å². The summed E-state index contributed by atoms with van der Waals surface area (Å²) in [6.45, 7) is 6.66. The number of benzene rings is 2. The molecule has 2 nitrogen and oxygen atoms in total. The molecule has 0 bridgehead atoms. The molecular formula is C24H35NO. The average molecular weight is 354 g/mol. The number of aliphatic hydroxyl groups excluding tert-OH is 1. The molecule has 2 aromatic carbocycles. The van der Waals surface area contributed by atoms with Crippen LogP contribution in [0.1, 0.15) is 56.8 Å². The average Bonchev–Trinajstić information content (AvgIpc) is 2.71. The maximum Gasteiger partial charge on any atom is 0.0817 e. The first-order chi connectivity index (χ1) is 12.7. The second-order valence-electron chi connectivity index (χ2n) is 7.32. The number of piperidine rings is 1. The standard InChI is InChI=1S/C12H17N.C12H18O/c1-2-4-11(5-3-1)10-12-6-8-13-9-7-12;1-3-10(4-2)12(13)11-8-6-5-7-9-11/h1-5,12-13H,6-10H2;5-10,12-13H,3-4H2,1-2H3. The molecule has 2 aromatic rings. The summed E-state index contributed by atoms with van der Waals surface area (Å²) in [5.41, 5.74) is 2.53. The fourth-order valence-corrected chi connectivity index (χ4v) is 3.69. The van der Waals surface area contributed by atoms with Crippen LogP contribution in [0.15, 0.2) is 60.7 Å². The Kier molecular flexibility index (Phi) is 9.44. The van der Waals surface area contributed by atoms with Crippen LogP contribution in [-0.2, 0) is 6.42 Å². The second kappa shape index (κ2) is 11.9. The van der Waals surface area contributed by atoms with E-state index in [1.165, 1.54) is 37.9 Å². The van der Waals surface area contributed by atoms with Crippen molar-refractivity contribution in [1.82, 2.24) is 5.32 Å². The molecule has 0 spiro atoms. The third-order valence-electron chi connectivity index (χ3n) is 5.46. The van der Waals surface area contributed by atoms with Crippen molar-refractivity contribution in [3.05, 3.63) is 71.8 Å². The van der Waals surface area contributed by atoms with Crippen LogP contribution in [0, 0.1) is 11.8 Å². The van der Waals surface area contributed by atoms with Gasteiger partial charge in [0.25, 0.3) is 0 Å². The van der Waals surface area contributed by atoms with Gasteiger partial charge < -0.3 is 10.4 Å². The summed E-state index contributed by atoms with van der Waals surface area (Å²) in [7, 11) is 0. The quantitative estimate of drug-likeness (QED) is 0.730. The van der Waals surface area contributed by atoms with E-state index in [0.717, 1.165) is 24.3 Å². The minimum atomic E-state index is -0.295. The molecule has 1 unspecified atom stereocenters. The molecule has 0 radical (unpaired) electrons. The highest BCUT2D eigenvalue weighted by molar-refractivity contribution is 5.18. The van der Waals surface area contributed by atoms with Gasteiger partial charge in [-0.05, 0) is 55.3 Å². The van der Waals surface area contributed by atoms with Gasteiger partial charge in [0.2, 0.25) is 0 Å². The summed E-state index contributed by atoms with van der Waals surface area (Å²) in [4.78, 5) is 0. The van der Waals surface area contributed by atoms with Crippen LogP contribution in [0.5, 0.6) is 0 Å². The lowest BCUT2D eigenvalue weighted by Gasteiger charge is -2.22. The fraction of sp³-hybridized carbons (Fsp3) is 0.500. The van der Waals surface area contributed by atoms with E-state index in [-0.39, 0.29) is 6.10 Å². The van der Waals surface area contributed by atoms with Crippen molar-refractivity contribution in [3.8, 4) is 0 Å². The van der Waals surface area contributed by atoms with E-state index in [0.29, 0.717) is 5.92 Å². The van der Waals surface area contributed by atoms with Crippen molar-refractivity contribution in [2.24, 2.45) is 11.8 Å².